The van der Waals surface area contributed by atoms with E-state index >= 15 is 0 Å². The van der Waals surface area contributed by atoms with E-state index in [2.05, 4.69) is 53.4 Å². The molecule has 2 aromatic rings. The van der Waals surface area contributed by atoms with Crippen LogP contribution < -0.4 is 5.73 Å². The summed E-state index contributed by atoms with van der Waals surface area (Å²) in [5, 5.41) is 10.3. The second-order valence-electron chi connectivity index (χ2n) is 6.11. The lowest BCUT2D eigenvalue weighted by molar-refractivity contribution is -0.0135. The Bertz CT molecular complexity index is 588. The largest absolute Gasteiger partial charge is 0.377 e. The van der Waals surface area contributed by atoms with Crippen molar-refractivity contribution in [1.29, 1.82) is 0 Å². The molecule has 4 heteroatoms. The summed E-state index contributed by atoms with van der Waals surface area (Å²) in [6.45, 7) is 1.67. The maximum absolute atomic E-state index is 10.3. The van der Waals surface area contributed by atoms with Crippen LogP contribution in [0.25, 0.3) is 11.1 Å². The van der Waals surface area contributed by atoms with Gasteiger partial charge >= 0.3 is 0 Å². The van der Waals surface area contributed by atoms with Gasteiger partial charge in [0.2, 0.25) is 0 Å². The molecule has 1 fully saturated rings. The lowest BCUT2D eigenvalue weighted by atomic mass is 10.0. The molecule has 0 aromatic heterocycles. The molecule has 0 amide bonds. The fraction of sp³-hybridized carbons (Fsp3) is 0.368. The van der Waals surface area contributed by atoms with Crippen LogP contribution in [-0.4, -0.2) is 28.8 Å². The second-order valence-corrected chi connectivity index (χ2v) is 6.11. The summed E-state index contributed by atoms with van der Waals surface area (Å²) in [6, 6.07) is 18.8. The minimum atomic E-state index is -0.531. The minimum absolute atomic E-state index is 0. The van der Waals surface area contributed by atoms with Gasteiger partial charge in [-0.1, -0.05) is 61.0 Å². The zero-order valence-corrected chi connectivity index (χ0v) is 14.1. The first-order chi connectivity index (χ1) is 10.7. The van der Waals surface area contributed by atoms with Crippen LogP contribution in [0.15, 0.2) is 54.6 Å². The molecule has 1 aliphatic heterocycles. The molecule has 0 radical (unpaired) electrons. The number of hydrogen-bond acceptors (Lipinski definition) is 3. The molecule has 1 saturated heterocycles. The highest BCUT2D eigenvalue weighted by atomic mass is 35.5. The zero-order chi connectivity index (χ0) is 15.4. The van der Waals surface area contributed by atoms with Gasteiger partial charge in [0.05, 0.1) is 0 Å². The molecular formula is C19H25ClN2O. The Morgan fingerprint density at radius 3 is 2.30 bits per heavy atom. The molecule has 1 heterocycles. The van der Waals surface area contributed by atoms with Gasteiger partial charge < -0.3 is 10.8 Å². The van der Waals surface area contributed by atoms with E-state index in [9.17, 15) is 5.11 Å². The van der Waals surface area contributed by atoms with E-state index in [1.54, 1.807) is 0 Å². The summed E-state index contributed by atoms with van der Waals surface area (Å²) < 4.78 is 0. The summed E-state index contributed by atoms with van der Waals surface area (Å²) in [4.78, 5) is 2.09. The molecule has 3 N–H and O–H groups in total. The van der Waals surface area contributed by atoms with Crippen LogP contribution in [0.1, 0.15) is 24.8 Å². The van der Waals surface area contributed by atoms with E-state index in [-0.39, 0.29) is 18.4 Å². The van der Waals surface area contributed by atoms with Gasteiger partial charge in [-0.05, 0) is 29.5 Å². The van der Waals surface area contributed by atoms with E-state index in [0.717, 1.165) is 32.4 Å². The van der Waals surface area contributed by atoms with Gasteiger partial charge in [0, 0.05) is 19.1 Å². The van der Waals surface area contributed by atoms with Gasteiger partial charge in [0.1, 0.15) is 6.23 Å². The Kier molecular flexibility index (Phi) is 6.60. The van der Waals surface area contributed by atoms with E-state index in [0.29, 0.717) is 0 Å². The number of aliphatic hydroxyl groups is 1. The summed E-state index contributed by atoms with van der Waals surface area (Å²) in [5.41, 5.74) is 9.69. The molecule has 1 aliphatic rings. The van der Waals surface area contributed by atoms with Crippen LogP contribution in [0.2, 0.25) is 0 Å². The Morgan fingerprint density at radius 2 is 1.61 bits per heavy atom. The highest BCUT2D eigenvalue weighted by Gasteiger charge is 2.24. The molecule has 1 unspecified atom stereocenters. The van der Waals surface area contributed by atoms with Crippen LogP contribution in [0.3, 0.4) is 0 Å². The lowest BCUT2D eigenvalue weighted by Crippen LogP contribution is -2.46. The summed E-state index contributed by atoms with van der Waals surface area (Å²) >= 11 is 0. The van der Waals surface area contributed by atoms with E-state index in [4.69, 9.17) is 5.73 Å². The highest BCUT2D eigenvalue weighted by molar-refractivity contribution is 5.85. The molecule has 3 rings (SSSR count). The normalized spacial score (nSPS) is 22.2. The van der Waals surface area contributed by atoms with Gasteiger partial charge in [-0.25, -0.2) is 0 Å². The summed E-state index contributed by atoms with van der Waals surface area (Å²) in [7, 11) is 0. The van der Waals surface area contributed by atoms with Gasteiger partial charge in [-0.3, -0.25) is 4.90 Å². The van der Waals surface area contributed by atoms with E-state index in [1.165, 1.54) is 16.7 Å². The van der Waals surface area contributed by atoms with Gasteiger partial charge in [-0.15, -0.1) is 12.4 Å². The fourth-order valence-corrected chi connectivity index (χ4v) is 3.09. The minimum Gasteiger partial charge on any atom is -0.377 e. The summed E-state index contributed by atoms with van der Waals surface area (Å²) in [6.07, 6.45) is 2.58. The summed E-state index contributed by atoms with van der Waals surface area (Å²) in [5.74, 6) is 0. The predicted octanol–water partition coefficient (Wildman–Crippen LogP) is 3.41. The number of aliphatic hydroxyl groups excluding tert-OH is 1. The number of likely N-dealkylation sites (tertiary alicyclic amines) is 1. The van der Waals surface area contributed by atoms with Crippen molar-refractivity contribution in [3.63, 3.8) is 0 Å². The van der Waals surface area contributed by atoms with Crippen molar-refractivity contribution in [2.24, 2.45) is 5.73 Å². The van der Waals surface area contributed by atoms with Crippen molar-refractivity contribution >= 4 is 12.4 Å². The maximum atomic E-state index is 10.3. The molecule has 0 aliphatic carbocycles. The van der Waals surface area contributed by atoms with Crippen LogP contribution in [0, 0.1) is 0 Å². The van der Waals surface area contributed by atoms with Crippen LogP contribution in [0.4, 0.5) is 0 Å². The SMILES string of the molecule is Cl.N[C@H]1CCCCN(Cc2ccc(-c3ccccc3)cc2)C1O. The number of benzene rings is 2. The molecule has 2 atom stereocenters. The van der Waals surface area contributed by atoms with Gasteiger partial charge in [0.15, 0.2) is 0 Å². The third-order valence-corrected chi connectivity index (χ3v) is 4.44. The van der Waals surface area contributed by atoms with Crippen molar-refractivity contribution in [3.05, 3.63) is 60.2 Å². The van der Waals surface area contributed by atoms with Crippen molar-refractivity contribution in [2.75, 3.05) is 6.54 Å². The number of nitrogens with two attached hydrogens (primary N) is 1. The lowest BCUT2D eigenvalue weighted by Gasteiger charge is -2.29. The monoisotopic (exact) mass is 332 g/mol. The fourth-order valence-electron chi connectivity index (χ4n) is 3.09. The Balaban J connectivity index is 0.00000192. The average Bonchev–Trinajstić information content (AvgIpc) is 2.72. The van der Waals surface area contributed by atoms with Crippen LogP contribution in [-0.2, 0) is 6.54 Å². The maximum Gasteiger partial charge on any atom is 0.122 e. The Labute approximate surface area is 144 Å². The number of rotatable bonds is 3. The molecule has 0 spiro atoms. The van der Waals surface area contributed by atoms with Crippen molar-refractivity contribution in [3.8, 4) is 11.1 Å². The molecular weight excluding hydrogens is 308 g/mol. The Hall–Kier alpha value is -1.39. The number of hydrogen-bond donors (Lipinski definition) is 2. The molecule has 2 aromatic carbocycles. The highest BCUT2D eigenvalue weighted by Crippen LogP contribution is 2.21. The Morgan fingerprint density at radius 1 is 0.957 bits per heavy atom. The number of nitrogens with zero attached hydrogens (tertiary/aromatic N) is 1. The second kappa shape index (κ2) is 8.46. The zero-order valence-electron chi connectivity index (χ0n) is 13.3. The van der Waals surface area contributed by atoms with Crippen molar-refractivity contribution in [1.82, 2.24) is 4.90 Å². The van der Waals surface area contributed by atoms with Gasteiger partial charge in [0.25, 0.3) is 0 Å². The first-order valence-electron chi connectivity index (χ1n) is 8.06. The topological polar surface area (TPSA) is 49.5 Å². The number of halogens is 1. The smallest absolute Gasteiger partial charge is 0.122 e. The third kappa shape index (κ3) is 4.55. The molecule has 0 saturated carbocycles. The molecule has 0 bridgehead atoms. The van der Waals surface area contributed by atoms with E-state index < -0.39 is 6.23 Å². The first-order valence-corrected chi connectivity index (χ1v) is 8.06. The average molecular weight is 333 g/mol. The predicted molar refractivity (Wildman–Crippen MR) is 97.4 cm³/mol. The van der Waals surface area contributed by atoms with Crippen LogP contribution >= 0.6 is 12.4 Å². The molecule has 23 heavy (non-hydrogen) atoms. The van der Waals surface area contributed by atoms with E-state index in [1.807, 2.05) is 6.07 Å². The van der Waals surface area contributed by atoms with Crippen molar-refractivity contribution in [2.45, 2.75) is 38.1 Å². The van der Waals surface area contributed by atoms with Crippen LogP contribution in [0.5, 0.6) is 0 Å². The molecule has 124 valence electrons. The standard InChI is InChI=1S/C19H24N2O.ClH/c20-18-8-4-5-13-21(19(18)22)14-15-9-11-17(12-10-15)16-6-2-1-3-7-16;/h1-3,6-7,9-12,18-19,22H,4-5,8,13-14,20H2;1H/t18-,19?;/m0./s1. The van der Waals surface area contributed by atoms with Gasteiger partial charge in [-0.2, -0.15) is 0 Å². The first kappa shape index (κ1) is 18.0. The molecule has 3 nitrogen and oxygen atoms in total. The van der Waals surface area contributed by atoms with Crippen molar-refractivity contribution < 1.29 is 5.11 Å². The third-order valence-electron chi connectivity index (χ3n) is 4.44. The quantitative estimate of drug-likeness (QED) is 0.905.